The molecule has 1 heterocycles. The first-order chi connectivity index (χ1) is 21.3. The van der Waals surface area contributed by atoms with Gasteiger partial charge in [0, 0.05) is 43.9 Å². The van der Waals surface area contributed by atoms with Gasteiger partial charge < -0.3 is 45.5 Å². The van der Waals surface area contributed by atoms with Crippen LogP contribution in [-0.2, 0) is 33.3 Å². The van der Waals surface area contributed by atoms with E-state index in [0.29, 0.717) is 12.0 Å². The maximum Gasteiger partial charge on any atom is 0.405 e. The molecule has 0 saturated carbocycles. The van der Waals surface area contributed by atoms with E-state index in [1.54, 1.807) is 26.0 Å². The molecular formula is C32H47N3O10. The largest absolute Gasteiger partial charge is 0.439 e. The minimum atomic E-state index is -1.01. The monoisotopic (exact) mass is 633 g/mol. The number of methoxy groups -OCH3 is 2. The van der Waals surface area contributed by atoms with Gasteiger partial charge >= 0.3 is 6.09 Å². The molecule has 2 aliphatic rings. The lowest BCUT2D eigenvalue weighted by molar-refractivity contribution is -0.120. The number of primary amides is 1. The minimum Gasteiger partial charge on any atom is -0.439 e. The minimum absolute atomic E-state index is 0.103. The summed E-state index contributed by atoms with van der Waals surface area (Å²) in [6.07, 6.45) is 3.53. The standard InChI is InChI=1S/C32H47N3O10/c1-18-14-22-27(34-10-12-44-13-11-36)24(37)17-23(29(22)39)35-31(40)19(2)8-7-9-25(42-5)30(45-32(33)41)21(4)16-20(3)28(38)26(15-18)43-6/h7-9,16-18,20,25-26,28,30,34,36,38H,10-15H2,1-6H3,(H2,33,41)(H,35,40)/b9-7-,19-8+,21-16+/t18-,20+,25+,26+,28-,30+/m1/s1. The van der Waals surface area contributed by atoms with Crippen molar-refractivity contribution in [1.29, 1.82) is 0 Å². The Labute approximate surface area is 264 Å². The number of ether oxygens (including phenoxy) is 4. The molecule has 6 atom stereocenters. The van der Waals surface area contributed by atoms with Crippen molar-refractivity contribution in [2.24, 2.45) is 17.6 Å². The van der Waals surface area contributed by atoms with E-state index in [1.165, 1.54) is 33.3 Å². The summed E-state index contributed by atoms with van der Waals surface area (Å²) >= 11 is 0. The number of allylic oxidation sites excluding steroid dienone is 4. The van der Waals surface area contributed by atoms with Gasteiger partial charge in [-0.25, -0.2) is 4.79 Å². The Hall–Kier alpha value is -3.62. The quantitative estimate of drug-likeness (QED) is 0.140. The zero-order valence-corrected chi connectivity index (χ0v) is 26.8. The Morgan fingerprint density at radius 2 is 1.84 bits per heavy atom. The molecule has 0 aromatic carbocycles. The van der Waals surface area contributed by atoms with Crippen LogP contribution in [-0.4, -0.2) is 98.8 Å². The summed E-state index contributed by atoms with van der Waals surface area (Å²) in [7, 11) is 2.90. The van der Waals surface area contributed by atoms with Crippen LogP contribution in [0.25, 0.3) is 0 Å². The predicted molar refractivity (Wildman–Crippen MR) is 165 cm³/mol. The van der Waals surface area contributed by atoms with Gasteiger partial charge in [-0.05, 0) is 38.2 Å². The zero-order chi connectivity index (χ0) is 33.7. The molecule has 0 fully saturated rings. The van der Waals surface area contributed by atoms with Gasteiger partial charge in [0.05, 0.1) is 43.4 Å². The van der Waals surface area contributed by atoms with Gasteiger partial charge in [-0.1, -0.05) is 38.2 Å². The number of hydrogen-bond acceptors (Lipinski definition) is 11. The lowest BCUT2D eigenvalue weighted by atomic mass is 9.85. The molecule has 13 nitrogen and oxygen atoms in total. The number of aliphatic hydroxyl groups is 2. The number of Topliss-reactive ketones (excluding diaryl/α,β-unsaturated/α-hetero) is 1. The Kier molecular flexibility index (Phi) is 15.3. The number of amides is 2. The second-order valence-electron chi connectivity index (χ2n) is 11.2. The lowest BCUT2D eigenvalue weighted by Gasteiger charge is -2.30. The molecule has 0 saturated heterocycles. The number of carbonyl (C=O) groups is 4. The molecule has 2 bridgehead atoms. The number of fused-ring (bicyclic) bond motifs is 2. The van der Waals surface area contributed by atoms with Crippen molar-refractivity contribution < 1.29 is 48.3 Å². The average Bonchev–Trinajstić information content (AvgIpc) is 2.99. The molecule has 45 heavy (non-hydrogen) atoms. The van der Waals surface area contributed by atoms with Crippen LogP contribution in [0.5, 0.6) is 0 Å². The van der Waals surface area contributed by atoms with E-state index in [4.69, 9.17) is 29.8 Å². The third kappa shape index (κ3) is 11.0. The highest BCUT2D eigenvalue weighted by atomic mass is 16.6. The molecule has 2 amide bonds. The fraction of sp³-hybridized carbons (Fsp3) is 0.562. The van der Waals surface area contributed by atoms with Crippen molar-refractivity contribution in [3.8, 4) is 0 Å². The van der Waals surface area contributed by atoms with Crippen LogP contribution in [0.3, 0.4) is 0 Å². The number of aliphatic hydroxyl groups excluding tert-OH is 2. The third-order valence-electron chi connectivity index (χ3n) is 7.58. The summed E-state index contributed by atoms with van der Waals surface area (Å²) in [5.74, 6) is -2.30. The van der Waals surface area contributed by atoms with E-state index in [1.807, 2.05) is 6.92 Å². The molecule has 0 spiro atoms. The first-order valence-corrected chi connectivity index (χ1v) is 14.8. The number of nitrogens with one attached hydrogen (secondary N) is 2. The predicted octanol–water partition coefficient (Wildman–Crippen LogP) is 1.36. The fourth-order valence-corrected chi connectivity index (χ4v) is 5.19. The van der Waals surface area contributed by atoms with Gasteiger partial charge in [0.2, 0.25) is 11.6 Å². The molecule has 250 valence electrons. The zero-order valence-electron chi connectivity index (χ0n) is 26.8. The van der Waals surface area contributed by atoms with Crippen LogP contribution < -0.4 is 16.4 Å². The molecule has 0 aromatic rings. The smallest absolute Gasteiger partial charge is 0.405 e. The van der Waals surface area contributed by atoms with Crippen molar-refractivity contribution in [3.63, 3.8) is 0 Å². The summed E-state index contributed by atoms with van der Waals surface area (Å²) in [5, 5.41) is 25.7. The van der Waals surface area contributed by atoms with E-state index in [0.717, 1.165) is 6.08 Å². The highest BCUT2D eigenvalue weighted by molar-refractivity contribution is 6.23. The number of ketones is 2. The van der Waals surface area contributed by atoms with Crippen molar-refractivity contribution >= 4 is 23.6 Å². The van der Waals surface area contributed by atoms with Crippen LogP contribution in [0.4, 0.5) is 4.79 Å². The number of rotatable bonds is 9. The Morgan fingerprint density at radius 1 is 1.13 bits per heavy atom. The summed E-state index contributed by atoms with van der Waals surface area (Å²) in [6, 6.07) is 0. The van der Waals surface area contributed by atoms with Crippen LogP contribution in [0, 0.1) is 11.8 Å². The Bertz CT molecular complexity index is 1240. The second-order valence-corrected chi connectivity index (χ2v) is 11.2. The van der Waals surface area contributed by atoms with Gasteiger partial charge in [-0.3, -0.25) is 14.4 Å². The van der Waals surface area contributed by atoms with Crippen molar-refractivity contribution in [2.45, 2.75) is 65.0 Å². The first kappa shape index (κ1) is 37.6. The Balaban J connectivity index is 2.57. The van der Waals surface area contributed by atoms with Gasteiger partial charge in [0.15, 0.2) is 6.10 Å². The first-order valence-electron chi connectivity index (χ1n) is 14.8. The maximum absolute atomic E-state index is 13.7. The Morgan fingerprint density at radius 3 is 2.47 bits per heavy atom. The summed E-state index contributed by atoms with van der Waals surface area (Å²) < 4.78 is 21.8. The van der Waals surface area contributed by atoms with Gasteiger partial charge in [0.1, 0.15) is 6.10 Å². The topological polar surface area (TPSA) is 196 Å². The van der Waals surface area contributed by atoms with Gasteiger partial charge in [0.25, 0.3) is 5.91 Å². The number of nitrogens with two attached hydrogens (primary N) is 1. The van der Waals surface area contributed by atoms with Crippen LogP contribution >= 0.6 is 0 Å². The normalized spacial score (nSPS) is 30.4. The SMILES string of the molecule is CO[C@H]1/C=C\C=C(/C)C(=O)NC2=CC(=O)C(NCCOCCO)=C(C[C@@H](C)C[C@H](OC)[C@H](O)[C@@H](C)/C=C(\C)[C@@H]1OC(N)=O)C2=O. The van der Waals surface area contributed by atoms with E-state index in [9.17, 15) is 24.3 Å². The van der Waals surface area contributed by atoms with E-state index < -0.39 is 53.9 Å². The summed E-state index contributed by atoms with van der Waals surface area (Å²) in [4.78, 5) is 51.7. The highest BCUT2D eigenvalue weighted by Gasteiger charge is 2.33. The number of carbonyl (C=O) groups excluding carboxylic acids is 4. The van der Waals surface area contributed by atoms with Crippen LogP contribution in [0.15, 0.2) is 58.5 Å². The van der Waals surface area contributed by atoms with Gasteiger partial charge in [-0.2, -0.15) is 0 Å². The fourth-order valence-electron chi connectivity index (χ4n) is 5.19. The van der Waals surface area contributed by atoms with Crippen molar-refractivity contribution in [1.82, 2.24) is 10.6 Å². The highest BCUT2D eigenvalue weighted by Crippen LogP contribution is 2.28. The van der Waals surface area contributed by atoms with E-state index in [2.05, 4.69) is 10.6 Å². The van der Waals surface area contributed by atoms with Gasteiger partial charge in [-0.15, -0.1) is 0 Å². The molecule has 0 aromatic heterocycles. The molecule has 13 heteroatoms. The molecule has 2 rings (SSSR count). The van der Waals surface area contributed by atoms with E-state index in [-0.39, 0.29) is 61.2 Å². The molecule has 0 unspecified atom stereocenters. The average molecular weight is 634 g/mol. The summed E-state index contributed by atoms with van der Waals surface area (Å²) in [6.45, 7) is 7.31. The molecular weight excluding hydrogens is 586 g/mol. The molecule has 0 radical (unpaired) electrons. The molecule has 6 N–H and O–H groups in total. The lowest BCUT2D eigenvalue weighted by Crippen LogP contribution is -2.38. The van der Waals surface area contributed by atoms with Crippen molar-refractivity contribution in [3.05, 3.63) is 58.5 Å². The molecule has 1 aliphatic carbocycles. The second kappa shape index (κ2) is 18.4. The van der Waals surface area contributed by atoms with Crippen LogP contribution in [0.2, 0.25) is 0 Å². The third-order valence-corrected chi connectivity index (χ3v) is 7.58. The van der Waals surface area contributed by atoms with Crippen LogP contribution in [0.1, 0.15) is 40.5 Å². The maximum atomic E-state index is 13.7. The van der Waals surface area contributed by atoms with Crippen molar-refractivity contribution in [2.75, 3.05) is 40.6 Å². The summed E-state index contributed by atoms with van der Waals surface area (Å²) in [5.41, 5.74) is 6.28. The number of hydrogen-bond donors (Lipinski definition) is 5. The van der Waals surface area contributed by atoms with E-state index >= 15 is 0 Å². The molecule has 1 aliphatic heterocycles.